The summed E-state index contributed by atoms with van der Waals surface area (Å²) < 4.78 is 0. The number of hydrogen-bond donors (Lipinski definition) is 1. The predicted octanol–water partition coefficient (Wildman–Crippen LogP) is 2.17. The van der Waals surface area contributed by atoms with E-state index < -0.39 is 0 Å². The van der Waals surface area contributed by atoms with Crippen molar-refractivity contribution in [1.29, 1.82) is 0 Å². The molecule has 0 radical (unpaired) electrons. The van der Waals surface area contributed by atoms with Crippen LogP contribution in [0.4, 0.5) is 0 Å². The summed E-state index contributed by atoms with van der Waals surface area (Å²) in [5, 5.41) is 2.96. The first-order valence-corrected chi connectivity index (χ1v) is 8.55. The zero-order valence-electron chi connectivity index (χ0n) is 13.8. The van der Waals surface area contributed by atoms with Gasteiger partial charge in [0.2, 0.25) is 5.91 Å². The normalized spacial score (nSPS) is 13.6. The Labute approximate surface area is 137 Å². The average molecular weight is 318 g/mol. The van der Waals surface area contributed by atoms with Gasteiger partial charge in [-0.25, -0.2) is 4.98 Å². The van der Waals surface area contributed by atoms with Crippen LogP contribution in [-0.4, -0.2) is 45.8 Å². The molecule has 1 N–H and O–H groups in total. The highest BCUT2D eigenvalue weighted by atomic mass is 16.2. The lowest BCUT2D eigenvalue weighted by Gasteiger charge is -2.22. The van der Waals surface area contributed by atoms with Crippen LogP contribution in [0.5, 0.6) is 0 Å². The van der Waals surface area contributed by atoms with E-state index in [0.717, 1.165) is 38.5 Å². The SMILES string of the molecule is CCCCCCN(CCC(=O)NC1CC1)C(=O)c1cnccn1. The third-order valence-corrected chi connectivity index (χ3v) is 3.90. The van der Waals surface area contributed by atoms with Gasteiger partial charge >= 0.3 is 0 Å². The smallest absolute Gasteiger partial charge is 0.274 e. The van der Waals surface area contributed by atoms with E-state index >= 15 is 0 Å². The van der Waals surface area contributed by atoms with E-state index in [1.807, 2.05) is 0 Å². The molecule has 1 heterocycles. The van der Waals surface area contributed by atoms with E-state index in [9.17, 15) is 9.59 Å². The van der Waals surface area contributed by atoms with E-state index in [4.69, 9.17) is 0 Å². The molecule has 0 unspecified atom stereocenters. The Morgan fingerprint density at radius 2 is 2.04 bits per heavy atom. The van der Waals surface area contributed by atoms with Gasteiger partial charge in [-0.15, -0.1) is 0 Å². The van der Waals surface area contributed by atoms with Gasteiger partial charge in [-0.2, -0.15) is 0 Å². The van der Waals surface area contributed by atoms with Gasteiger partial charge in [0.25, 0.3) is 5.91 Å². The van der Waals surface area contributed by atoms with Crippen molar-refractivity contribution in [3.8, 4) is 0 Å². The Kier molecular flexibility index (Phi) is 6.97. The highest BCUT2D eigenvalue weighted by molar-refractivity contribution is 5.92. The highest BCUT2D eigenvalue weighted by Crippen LogP contribution is 2.18. The minimum Gasteiger partial charge on any atom is -0.353 e. The molecule has 23 heavy (non-hydrogen) atoms. The van der Waals surface area contributed by atoms with E-state index in [2.05, 4.69) is 22.2 Å². The van der Waals surface area contributed by atoms with E-state index in [1.54, 1.807) is 11.1 Å². The number of unbranched alkanes of at least 4 members (excludes halogenated alkanes) is 3. The summed E-state index contributed by atoms with van der Waals surface area (Å²) in [5.74, 6) is -0.119. The van der Waals surface area contributed by atoms with Crippen molar-refractivity contribution in [2.45, 2.75) is 57.9 Å². The van der Waals surface area contributed by atoms with Crippen LogP contribution in [0.1, 0.15) is 62.4 Å². The molecule has 1 saturated carbocycles. The summed E-state index contributed by atoms with van der Waals surface area (Å²) in [5.41, 5.74) is 0.339. The molecule has 2 rings (SSSR count). The first kappa shape index (κ1) is 17.4. The number of amides is 2. The minimum absolute atomic E-state index is 0.0259. The lowest BCUT2D eigenvalue weighted by molar-refractivity contribution is -0.121. The monoisotopic (exact) mass is 318 g/mol. The molecule has 0 aromatic carbocycles. The Hall–Kier alpha value is -1.98. The van der Waals surface area contributed by atoms with Gasteiger partial charge in [-0.05, 0) is 19.3 Å². The summed E-state index contributed by atoms with van der Waals surface area (Å²) in [7, 11) is 0. The topological polar surface area (TPSA) is 75.2 Å². The van der Waals surface area contributed by atoms with Crippen LogP contribution in [0.15, 0.2) is 18.6 Å². The summed E-state index contributed by atoms with van der Waals surface area (Å²) in [6.07, 6.45) is 11.4. The van der Waals surface area contributed by atoms with Gasteiger partial charge in [-0.1, -0.05) is 26.2 Å². The lowest BCUT2D eigenvalue weighted by atomic mass is 10.2. The van der Waals surface area contributed by atoms with Crippen molar-refractivity contribution in [3.05, 3.63) is 24.3 Å². The third kappa shape index (κ3) is 6.34. The van der Waals surface area contributed by atoms with E-state index in [0.29, 0.717) is 31.2 Å². The molecule has 6 heteroatoms. The number of aromatic nitrogens is 2. The molecule has 0 aliphatic heterocycles. The van der Waals surface area contributed by atoms with Crippen molar-refractivity contribution in [3.63, 3.8) is 0 Å². The van der Waals surface area contributed by atoms with Crippen molar-refractivity contribution >= 4 is 11.8 Å². The number of nitrogens with zero attached hydrogens (tertiary/aromatic N) is 3. The molecule has 2 amide bonds. The predicted molar refractivity (Wildman–Crippen MR) is 87.9 cm³/mol. The van der Waals surface area contributed by atoms with Crippen LogP contribution in [0.3, 0.4) is 0 Å². The molecule has 1 aliphatic carbocycles. The van der Waals surface area contributed by atoms with Crippen molar-refractivity contribution in [2.75, 3.05) is 13.1 Å². The van der Waals surface area contributed by atoms with E-state index in [1.165, 1.54) is 12.4 Å². The standard InChI is InChI=1S/C17H26N4O2/c1-2-3-4-5-11-21(12-8-16(22)20-14-6-7-14)17(23)15-13-18-9-10-19-15/h9-10,13-14H,2-8,11-12H2,1H3,(H,20,22). The number of nitrogens with one attached hydrogen (secondary N) is 1. The zero-order chi connectivity index (χ0) is 16.5. The molecule has 1 aliphatic rings. The summed E-state index contributed by atoms with van der Waals surface area (Å²) in [6.45, 7) is 3.25. The molecule has 6 nitrogen and oxygen atoms in total. The second-order valence-corrected chi connectivity index (χ2v) is 6.04. The summed E-state index contributed by atoms with van der Waals surface area (Å²) in [4.78, 5) is 34.2. The number of carbonyl (C=O) groups excluding carboxylic acids is 2. The number of hydrogen-bond acceptors (Lipinski definition) is 4. The van der Waals surface area contributed by atoms with Crippen molar-refractivity contribution in [1.82, 2.24) is 20.2 Å². The molecular formula is C17H26N4O2. The number of rotatable bonds is 10. The van der Waals surface area contributed by atoms with Gasteiger partial charge in [0.1, 0.15) is 5.69 Å². The second kappa shape index (κ2) is 9.22. The van der Waals surface area contributed by atoms with Crippen molar-refractivity contribution < 1.29 is 9.59 Å². The minimum atomic E-state index is -0.145. The molecule has 1 aromatic heterocycles. The molecule has 1 fully saturated rings. The largest absolute Gasteiger partial charge is 0.353 e. The average Bonchev–Trinajstić information content (AvgIpc) is 3.38. The Bertz CT molecular complexity index is 503. The van der Waals surface area contributed by atoms with Crippen LogP contribution in [0, 0.1) is 0 Å². The van der Waals surface area contributed by atoms with Gasteiger partial charge in [0.15, 0.2) is 0 Å². The second-order valence-electron chi connectivity index (χ2n) is 6.04. The maximum Gasteiger partial charge on any atom is 0.274 e. The quantitative estimate of drug-likeness (QED) is 0.671. The molecule has 0 saturated heterocycles. The number of carbonyl (C=O) groups is 2. The molecule has 1 aromatic rings. The molecule has 126 valence electrons. The first-order chi connectivity index (χ1) is 11.2. The van der Waals surface area contributed by atoms with Crippen LogP contribution < -0.4 is 5.32 Å². The fourth-order valence-electron chi connectivity index (χ4n) is 2.38. The van der Waals surface area contributed by atoms with Gasteiger partial charge in [-0.3, -0.25) is 14.6 Å². The maximum atomic E-state index is 12.5. The van der Waals surface area contributed by atoms with Crippen molar-refractivity contribution in [2.24, 2.45) is 0 Å². The summed E-state index contributed by atoms with van der Waals surface area (Å²) in [6, 6.07) is 0.358. The maximum absolute atomic E-state index is 12.5. The van der Waals surface area contributed by atoms with Crippen LogP contribution in [0.2, 0.25) is 0 Å². The Balaban J connectivity index is 1.87. The fraction of sp³-hybridized carbons (Fsp3) is 0.647. The van der Waals surface area contributed by atoms with Gasteiger partial charge in [0.05, 0.1) is 6.20 Å². The Morgan fingerprint density at radius 1 is 1.22 bits per heavy atom. The molecule has 0 bridgehead atoms. The lowest BCUT2D eigenvalue weighted by Crippen LogP contribution is -2.36. The zero-order valence-corrected chi connectivity index (χ0v) is 13.8. The van der Waals surface area contributed by atoms with Crippen LogP contribution in [-0.2, 0) is 4.79 Å². The fourth-order valence-corrected chi connectivity index (χ4v) is 2.38. The summed E-state index contributed by atoms with van der Waals surface area (Å²) >= 11 is 0. The van der Waals surface area contributed by atoms with E-state index in [-0.39, 0.29) is 11.8 Å². The molecule has 0 spiro atoms. The van der Waals surface area contributed by atoms with Gasteiger partial charge in [0, 0.05) is 37.9 Å². The van der Waals surface area contributed by atoms with Crippen LogP contribution in [0.25, 0.3) is 0 Å². The molecular weight excluding hydrogens is 292 g/mol. The van der Waals surface area contributed by atoms with Crippen LogP contribution >= 0.6 is 0 Å². The highest BCUT2D eigenvalue weighted by Gasteiger charge is 2.24. The Morgan fingerprint density at radius 3 is 2.70 bits per heavy atom. The first-order valence-electron chi connectivity index (χ1n) is 8.55. The van der Waals surface area contributed by atoms with Gasteiger partial charge < -0.3 is 10.2 Å². The molecule has 0 atom stereocenters. The third-order valence-electron chi connectivity index (χ3n) is 3.90.